The van der Waals surface area contributed by atoms with Gasteiger partial charge in [0.2, 0.25) is 5.60 Å². The smallest absolute Gasteiger partial charge is 0.375 e. The van der Waals surface area contributed by atoms with Crippen LogP contribution in [-0.2, 0) is 0 Å². The zero-order valence-electron chi connectivity index (χ0n) is 7.41. The highest BCUT2D eigenvalue weighted by Gasteiger charge is 2.69. The van der Waals surface area contributed by atoms with Crippen molar-refractivity contribution in [2.45, 2.75) is 24.1 Å². The average Bonchev–Trinajstić information content (AvgIpc) is 2.01. The Bertz CT molecular complexity index is 269. The third-order valence-corrected chi connectivity index (χ3v) is 1.77. The van der Waals surface area contributed by atoms with E-state index in [1.165, 1.54) is 0 Å². The first kappa shape index (κ1) is 14.0. The zero-order chi connectivity index (χ0) is 12.5. The predicted molar refractivity (Wildman–Crippen MR) is 41.0 cm³/mol. The molecule has 0 aliphatic heterocycles. The molecule has 1 unspecified atom stereocenters. The maximum atomic E-state index is 12.8. The van der Waals surface area contributed by atoms with Crippen molar-refractivity contribution in [3.8, 4) is 0 Å². The summed E-state index contributed by atoms with van der Waals surface area (Å²) < 4.78 is 74.2. The first-order chi connectivity index (χ1) is 6.50. The minimum atomic E-state index is -5.69. The summed E-state index contributed by atoms with van der Waals surface area (Å²) in [6, 6.07) is 0. The van der Waals surface area contributed by atoms with Crippen LogP contribution in [0.5, 0.6) is 0 Å². The number of hydrogen-bond donors (Lipinski definition) is 1. The van der Waals surface area contributed by atoms with E-state index in [0.29, 0.717) is 6.08 Å². The Morgan fingerprint density at radius 2 is 1.60 bits per heavy atom. The van der Waals surface area contributed by atoms with E-state index in [1.54, 1.807) is 0 Å². The molecule has 1 atom stereocenters. The fraction of sp³-hybridized carbons (Fsp3) is 0.500. The Hall–Kier alpha value is -0.980. The highest BCUT2D eigenvalue weighted by molar-refractivity contribution is 5.14. The molecule has 0 aromatic rings. The van der Waals surface area contributed by atoms with Gasteiger partial charge in [-0.05, 0) is 0 Å². The lowest BCUT2D eigenvalue weighted by atomic mass is 9.90. The lowest BCUT2D eigenvalue weighted by Crippen LogP contribution is -2.58. The van der Waals surface area contributed by atoms with Crippen molar-refractivity contribution in [1.82, 2.24) is 0 Å². The van der Waals surface area contributed by atoms with Crippen molar-refractivity contribution in [2.24, 2.45) is 0 Å². The molecule has 0 saturated carbocycles. The molecule has 0 saturated heterocycles. The quantitative estimate of drug-likeness (QED) is 0.585. The van der Waals surface area contributed by atoms with Gasteiger partial charge in [0.1, 0.15) is 0 Å². The Labute approximate surface area is 81.7 Å². The van der Waals surface area contributed by atoms with Gasteiger partial charge in [0.15, 0.2) is 5.83 Å². The molecule has 0 aromatic carbocycles. The van der Waals surface area contributed by atoms with Gasteiger partial charge in [-0.2, -0.15) is 22.0 Å². The van der Waals surface area contributed by atoms with Gasteiger partial charge < -0.3 is 5.11 Å². The van der Waals surface area contributed by atoms with Gasteiger partial charge in [-0.3, -0.25) is 0 Å². The maximum absolute atomic E-state index is 12.8. The summed E-state index contributed by atoms with van der Waals surface area (Å²) in [5, 5.41) is 8.80. The average molecular weight is 234 g/mol. The monoisotopic (exact) mass is 234 g/mol. The minimum absolute atomic E-state index is 0.421. The van der Waals surface area contributed by atoms with E-state index < -0.39 is 29.9 Å². The van der Waals surface area contributed by atoms with Gasteiger partial charge in [0, 0.05) is 6.42 Å². The molecule has 0 rings (SSSR count). The normalized spacial score (nSPS) is 17.0. The molecule has 0 amide bonds. The van der Waals surface area contributed by atoms with Gasteiger partial charge in [0.05, 0.1) is 0 Å². The van der Waals surface area contributed by atoms with Gasteiger partial charge >= 0.3 is 12.1 Å². The standard InChI is InChI=1S/C8H8F6O/c1-3-4-6(15,8(12,13)14)7(10,11)5(2)9/h3,15H,1-2,4H2. The van der Waals surface area contributed by atoms with Crippen LogP contribution >= 0.6 is 0 Å². The Morgan fingerprint density at radius 1 is 1.20 bits per heavy atom. The van der Waals surface area contributed by atoms with E-state index in [2.05, 4.69) is 13.2 Å². The molecular weight excluding hydrogens is 226 g/mol. The van der Waals surface area contributed by atoms with Gasteiger partial charge in [-0.1, -0.05) is 12.7 Å². The second kappa shape index (κ2) is 3.88. The highest BCUT2D eigenvalue weighted by atomic mass is 19.4. The molecule has 15 heavy (non-hydrogen) atoms. The van der Waals surface area contributed by atoms with Crippen molar-refractivity contribution < 1.29 is 31.4 Å². The molecule has 0 radical (unpaired) electrons. The molecule has 1 N–H and O–H groups in total. The molecule has 0 aromatic heterocycles. The van der Waals surface area contributed by atoms with Crippen molar-refractivity contribution in [3.63, 3.8) is 0 Å². The summed E-state index contributed by atoms with van der Waals surface area (Å²) >= 11 is 0. The van der Waals surface area contributed by atoms with Crippen molar-refractivity contribution in [2.75, 3.05) is 0 Å². The molecule has 7 heteroatoms. The van der Waals surface area contributed by atoms with Crippen LogP contribution in [0.1, 0.15) is 6.42 Å². The molecule has 0 fully saturated rings. The molecule has 0 aliphatic carbocycles. The molecule has 0 bridgehead atoms. The summed E-state index contributed by atoms with van der Waals surface area (Å²) in [4.78, 5) is 0. The number of alkyl halides is 5. The van der Waals surface area contributed by atoms with Crippen LogP contribution in [0.15, 0.2) is 25.1 Å². The van der Waals surface area contributed by atoms with Crippen LogP contribution < -0.4 is 0 Å². The number of aliphatic hydroxyl groups is 1. The Kier molecular flexibility index (Phi) is 3.63. The Morgan fingerprint density at radius 3 is 1.80 bits per heavy atom. The summed E-state index contributed by atoms with van der Waals surface area (Å²) in [7, 11) is 0. The minimum Gasteiger partial charge on any atom is -0.375 e. The molecule has 1 nitrogen and oxygen atoms in total. The van der Waals surface area contributed by atoms with Crippen LogP contribution in [0.3, 0.4) is 0 Å². The second-order valence-corrected chi connectivity index (χ2v) is 2.83. The van der Waals surface area contributed by atoms with E-state index in [9.17, 15) is 26.3 Å². The largest absolute Gasteiger partial charge is 0.423 e. The van der Waals surface area contributed by atoms with E-state index in [-0.39, 0.29) is 0 Å². The lowest BCUT2D eigenvalue weighted by Gasteiger charge is -2.35. The second-order valence-electron chi connectivity index (χ2n) is 2.83. The van der Waals surface area contributed by atoms with Crippen molar-refractivity contribution in [3.05, 3.63) is 25.1 Å². The van der Waals surface area contributed by atoms with Gasteiger partial charge in [-0.25, -0.2) is 4.39 Å². The Balaban J connectivity index is 5.49. The number of rotatable bonds is 4. The van der Waals surface area contributed by atoms with Crippen molar-refractivity contribution >= 4 is 0 Å². The van der Waals surface area contributed by atoms with E-state index in [4.69, 9.17) is 5.11 Å². The van der Waals surface area contributed by atoms with E-state index >= 15 is 0 Å². The van der Waals surface area contributed by atoms with Crippen LogP contribution in [-0.4, -0.2) is 22.8 Å². The summed E-state index contributed by atoms with van der Waals surface area (Å²) in [5.74, 6) is -7.66. The van der Waals surface area contributed by atoms with Crippen molar-refractivity contribution in [1.29, 1.82) is 0 Å². The summed E-state index contributed by atoms with van der Waals surface area (Å²) in [5.41, 5.74) is -4.52. The summed E-state index contributed by atoms with van der Waals surface area (Å²) in [6.07, 6.45) is -6.81. The predicted octanol–water partition coefficient (Wildman–Crippen LogP) is 2.97. The van der Waals surface area contributed by atoms with E-state index in [1.807, 2.05) is 0 Å². The number of halogens is 6. The van der Waals surface area contributed by atoms with Crippen LogP contribution in [0.25, 0.3) is 0 Å². The molecule has 0 spiro atoms. The molecule has 0 heterocycles. The molecular formula is C8H8F6O. The molecule has 0 aliphatic rings. The van der Waals surface area contributed by atoms with Gasteiger partial charge in [0.25, 0.3) is 0 Å². The summed E-state index contributed by atoms with van der Waals surface area (Å²) in [6.45, 7) is 4.86. The van der Waals surface area contributed by atoms with E-state index in [0.717, 1.165) is 0 Å². The zero-order valence-corrected chi connectivity index (χ0v) is 7.41. The third-order valence-electron chi connectivity index (χ3n) is 1.77. The number of hydrogen-bond acceptors (Lipinski definition) is 1. The maximum Gasteiger partial charge on any atom is 0.423 e. The van der Waals surface area contributed by atoms with Gasteiger partial charge in [-0.15, -0.1) is 6.58 Å². The highest BCUT2D eigenvalue weighted by Crippen LogP contribution is 2.47. The van der Waals surface area contributed by atoms with Crippen LogP contribution in [0.4, 0.5) is 26.3 Å². The fourth-order valence-electron chi connectivity index (χ4n) is 0.855. The van der Waals surface area contributed by atoms with Crippen LogP contribution in [0, 0.1) is 0 Å². The fourth-order valence-corrected chi connectivity index (χ4v) is 0.855. The van der Waals surface area contributed by atoms with Crippen LogP contribution in [0.2, 0.25) is 0 Å². The first-order valence-corrected chi connectivity index (χ1v) is 3.63. The lowest BCUT2D eigenvalue weighted by molar-refractivity contribution is -0.323. The topological polar surface area (TPSA) is 20.2 Å². The molecule has 88 valence electrons. The first-order valence-electron chi connectivity index (χ1n) is 3.63. The SMILES string of the molecule is C=CCC(O)(C(F)(F)F)C(F)(F)C(=C)F. The third kappa shape index (κ3) is 2.17.